The third-order valence-corrected chi connectivity index (χ3v) is 12.9. The van der Waals surface area contributed by atoms with Crippen molar-refractivity contribution in [3.63, 3.8) is 0 Å². The quantitative estimate of drug-likeness (QED) is 0.135. The lowest BCUT2D eigenvalue weighted by molar-refractivity contribution is 0.660. The van der Waals surface area contributed by atoms with Crippen LogP contribution in [-0.4, -0.2) is 0 Å². The van der Waals surface area contributed by atoms with E-state index < -0.39 is 0 Å². The summed E-state index contributed by atoms with van der Waals surface area (Å²) in [5, 5.41) is 4.54. The molecule has 10 aromatic rings. The Morgan fingerprint density at radius 3 is 2.02 bits per heavy atom. The Balaban J connectivity index is 1.04. The predicted octanol–water partition coefficient (Wildman–Crippen LogP) is 17.0. The molecule has 1 aromatic heterocycles. The number of hydrogen-bond donors (Lipinski definition) is 0. The van der Waals surface area contributed by atoms with Crippen LogP contribution in [0.3, 0.4) is 0 Å². The van der Waals surface area contributed by atoms with E-state index >= 15 is 0 Å². The van der Waals surface area contributed by atoms with Gasteiger partial charge in [-0.15, -0.1) is 0 Å². The summed E-state index contributed by atoms with van der Waals surface area (Å²) in [6.45, 7) is 9.21. The molecule has 1 heterocycles. The van der Waals surface area contributed by atoms with Gasteiger partial charge >= 0.3 is 0 Å². The standard InChI is InChI=1S/C61H45NO/c1-41(43-19-6-4-7-20-43)48(44-21-8-5-9-22-44)27-16-18-42-32-36-47(37-33-42)62(57-31-17-29-55-59(57)52-26-12-14-28-54(52)61(55,2)3)56-30-15-13-24-49(56)46-35-39-58-53(40-46)51-38-34-45-23-10-11-25-50(45)60(51)63-58/h4-40H,1H2,2-3H3/b18-16+,48-27+. The zero-order valence-corrected chi connectivity index (χ0v) is 35.4. The lowest BCUT2D eigenvalue weighted by Crippen LogP contribution is -2.16. The smallest absolute Gasteiger partial charge is 0.143 e. The van der Waals surface area contributed by atoms with Gasteiger partial charge in [-0.2, -0.15) is 0 Å². The topological polar surface area (TPSA) is 16.4 Å². The van der Waals surface area contributed by atoms with Gasteiger partial charge in [-0.1, -0.05) is 202 Å². The van der Waals surface area contributed by atoms with E-state index in [1.54, 1.807) is 0 Å². The first-order chi connectivity index (χ1) is 30.9. The molecule has 9 aromatic carbocycles. The number of nitrogens with zero attached hydrogens (tertiary/aromatic N) is 1. The number of anilines is 3. The Morgan fingerprint density at radius 1 is 0.540 bits per heavy atom. The van der Waals surface area contributed by atoms with E-state index in [1.807, 2.05) is 6.07 Å². The van der Waals surface area contributed by atoms with Crippen LogP contribution in [0.4, 0.5) is 17.1 Å². The average Bonchev–Trinajstić information content (AvgIpc) is 3.83. The van der Waals surface area contributed by atoms with Gasteiger partial charge in [-0.05, 0) is 97.9 Å². The van der Waals surface area contributed by atoms with E-state index in [0.29, 0.717) is 0 Å². The molecule has 0 amide bonds. The summed E-state index contributed by atoms with van der Waals surface area (Å²) >= 11 is 0. The summed E-state index contributed by atoms with van der Waals surface area (Å²) in [5.41, 5.74) is 17.9. The molecule has 0 unspecified atom stereocenters. The molecule has 2 heteroatoms. The number of fused-ring (bicyclic) bond motifs is 8. The van der Waals surface area contributed by atoms with Crippen LogP contribution in [0, 0.1) is 0 Å². The summed E-state index contributed by atoms with van der Waals surface area (Å²) in [7, 11) is 0. The van der Waals surface area contributed by atoms with E-state index in [9.17, 15) is 0 Å². The van der Waals surface area contributed by atoms with Crippen molar-refractivity contribution in [2.24, 2.45) is 0 Å². The number of benzene rings is 9. The van der Waals surface area contributed by atoms with Crippen LogP contribution in [0.1, 0.15) is 41.7 Å². The number of furan rings is 1. The zero-order valence-electron chi connectivity index (χ0n) is 35.4. The fraction of sp³-hybridized carbons (Fsp3) is 0.0492. The lowest BCUT2D eigenvalue weighted by Gasteiger charge is -2.30. The maximum Gasteiger partial charge on any atom is 0.143 e. The maximum atomic E-state index is 6.56. The van der Waals surface area contributed by atoms with E-state index in [4.69, 9.17) is 4.42 Å². The fourth-order valence-electron chi connectivity index (χ4n) is 9.69. The number of allylic oxidation sites excluding steroid dienone is 4. The molecular formula is C61H45NO. The second-order valence-corrected chi connectivity index (χ2v) is 16.9. The second kappa shape index (κ2) is 15.5. The third kappa shape index (κ3) is 6.59. The van der Waals surface area contributed by atoms with Crippen molar-refractivity contribution in [2.75, 3.05) is 4.90 Å². The van der Waals surface area contributed by atoms with Crippen LogP contribution in [-0.2, 0) is 5.41 Å². The highest BCUT2D eigenvalue weighted by atomic mass is 16.3. The minimum absolute atomic E-state index is 0.142. The number of para-hydroxylation sites is 1. The van der Waals surface area contributed by atoms with E-state index in [-0.39, 0.29) is 5.41 Å². The molecule has 1 aliphatic carbocycles. The molecule has 0 radical (unpaired) electrons. The SMILES string of the molecule is C=C(/C(=C\C=C\c1ccc(N(c2ccccc2-c2ccc3oc4c5ccccc5ccc4c3c2)c2cccc3c2-c2ccccc2C3(C)C)cc1)c1ccccc1)c1ccccc1. The maximum absolute atomic E-state index is 6.56. The van der Waals surface area contributed by atoms with Gasteiger partial charge in [0.15, 0.2) is 0 Å². The average molecular weight is 808 g/mol. The highest BCUT2D eigenvalue weighted by Gasteiger charge is 2.38. The van der Waals surface area contributed by atoms with Crippen LogP contribution in [0.15, 0.2) is 229 Å². The molecule has 0 saturated heterocycles. The van der Waals surface area contributed by atoms with Gasteiger partial charge in [0.05, 0.1) is 11.4 Å². The lowest BCUT2D eigenvalue weighted by atomic mass is 9.82. The summed E-state index contributed by atoms with van der Waals surface area (Å²) < 4.78 is 6.56. The van der Waals surface area contributed by atoms with Crippen molar-refractivity contribution in [1.29, 1.82) is 0 Å². The molecule has 0 bridgehead atoms. The minimum Gasteiger partial charge on any atom is -0.455 e. The Kier molecular flexibility index (Phi) is 9.36. The molecule has 63 heavy (non-hydrogen) atoms. The molecule has 300 valence electrons. The van der Waals surface area contributed by atoms with Crippen LogP contribution in [0.5, 0.6) is 0 Å². The van der Waals surface area contributed by atoms with Crippen molar-refractivity contribution in [1.82, 2.24) is 0 Å². The molecule has 1 aliphatic rings. The third-order valence-electron chi connectivity index (χ3n) is 12.9. The fourth-order valence-corrected chi connectivity index (χ4v) is 9.69. The van der Waals surface area contributed by atoms with E-state index in [2.05, 4.69) is 244 Å². The van der Waals surface area contributed by atoms with Crippen molar-refractivity contribution >= 4 is 67.0 Å². The van der Waals surface area contributed by atoms with Crippen molar-refractivity contribution < 1.29 is 4.42 Å². The molecule has 11 rings (SSSR count). The summed E-state index contributed by atoms with van der Waals surface area (Å²) in [5.74, 6) is 0. The summed E-state index contributed by atoms with van der Waals surface area (Å²) in [6.07, 6.45) is 6.49. The monoisotopic (exact) mass is 807 g/mol. The first-order valence-electron chi connectivity index (χ1n) is 21.7. The normalized spacial score (nSPS) is 13.1. The molecule has 0 saturated carbocycles. The Labute approximate surface area is 369 Å². The Morgan fingerprint density at radius 2 is 1.21 bits per heavy atom. The van der Waals surface area contributed by atoms with Crippen molar-refractivity contribution in [3.8, 4) is 22.3 Å². The summed E-state index contributed by atoms with van der Waals surface area (Å²) in [6, 6.07) is 73.9. The molecule has 0 N–H and O–H groups in total. The van der Waals surface area contributed by atoms with Gasteiger partial charge in [0.25, 0.3) is 0 Å². The number of rotatable bonds is 9. The molecule has 0 fully saturated rings. The minimum atomic E-state index is -0.142. The van der Waals surface area contributed by atoms with Gasteiger partial charge in [0, 0.05) is 38.4 Å². The highest BCUT2D eigenvalue weighted by Crippen LogP contribution is 2.55. The van der Waals surface area contributed by atoms with Crippen molar-refractivity contribution in [2.45, 2.75) is 19.3 Å². The van der Waals surface area contributed by atoms with Gasteiger partial charge in [0.1, 0.15) is 11.2 Å². The molecule has 0 atom stereocenters. The second-order valence-electron chi connectivity index (χ2n) is 16.9. The van der Waals surface area contributed by atoms with Gasteiger partial charge in [-0.25, -0.2) is 0 Å². The Hall–Kier alpha value is -7.94. The number of hydrogen-bond acceptors (Lipinski definition) is 2. The predicted molar refractivity (Wildman–Crippen MR) is 268 cm³/mol. The van der Waals surface area contributed by atoms with Crippen LogP contribution in [0.25, 0.3) is 72.2 Å². The molecule has 0 spiro atoms. The van der Waals surface area contributed by atoms with E-state index in [1.165, 1.54) is 27.6 Å². The largest absolute Gasteiger partial charge is 0.455 e. The zero-order chi connectivity index (χ0) is 42.5. The van der Waals surface area contributed by atoms with Gasteiger partial charge in [-0.3, -0.25) is 0 Å². The highest BCUT2D eigenvalue weighted by molar-refractivity contribution is 6.16. The molecule has 0 aliphatic heterocycles. The molecule has 2 nitrogen and oxygen atoms in total. The Bertz CT molecular complexity index is 3420. The summed E-state index contributed by atoms with van der Waals surface area (Å²) in [4.78, 5) is 2.46. The first kappa shape index (κ1) is 38.0. The van der Waals surface area contributed by atoms with Gasteiger partial charge in [0.2, 0.25) is 0 Å². The van der Waals surface area contributed by atoms with Crippen LogP contribution >= 0.6 is 0 Å². The van der Waals surface area contributed by atoms with Crippen LogP contribution in [0.2, 0.25) is 0 Å². The van der Waals surface area contributed by atoms with Crippen LogP contribution < -0.4 is 4.90 Å². The van der Waals surface area contributed by atoms with Crippen molar-refractivity contribution in [3.05, 3.63) is 253 Å². The first-order valence-corrected chi connectivity index (χ1v) is 21.7. The van der Waals surface area contributed by atoms with Gasteiger partial charge < -0.3 is 9.32 Å². The molecular weight excluding hydrogens is 763 g/mol. The van der Waals surface area contributed by atoms with E-state index in [0.717, 1.165) is 83.4 Å².